The third kappa shape index (κ3) is 6.97. The van der Waals surface area contributed by atoms with E-state index in [0.29, 0.717) is 12.8 Å². The van der Waals surface area contributed by atoms with Crippen molar-refractivity contribution in [2.75, 3.05) is 5.32 Å². The van der Waals surface area contributed by atoms with Crippen LogP contribution >= 0.6 is 0 Å². The second-order valence-electron chi connectivity index (χ2n) is 10.1. The van der Waals surface area contributed by atoms with Gasteiger partial charge in [0.15, 0.2) is 0 Å². The molecule has 0 radical (unpaired) electrons. The highest BCUT2D eigenvalue weighted by atomic mass is 16.6. The third-order valence-electron chi connectivity index (χ3n) is 6.00. The first kappa shape index (κ1) is 25.9. The molecule has 2 amide bonds. The fourth-order valence-corrected chi connectivity index (χ4v) is 4.28. The van der Waals surface area contributed by atoms with E-state index in [2.05, 4.69) is 10.6 Å². The van der Waals surface area contributed by atoms with Gasteiger partial charge in [-0.2, -0.15) is 0 Å². The number of anilines is 1. The van der Waals surface area contributed by atoms with Gasteiger partial charge in [-0.05, 0) is 61.9 Å². The summed E-state index contributed by atoms with van der Waals surface area (Å²) in [5, 5.41) is 5.62. The van der Waals surface area contributed by atoms with Crippen molar-refractivity contribution in [3.8, 4) is 0 Å². The maximum Gasteiger partial charge on any atom is 0.408 e. The van der Waals surface area contributed by atoms with Gasteiger partial charge in [0, 0.05) is 5.69 Å². The third-order valence-corrected chi connectivity index (χ3v) is 6.00. The summed E-state index contributed by atoms with van der Waals surface area (Å²) in [6, 6.07) is 23.9. The summed E-state index contributed by atoms with van der Waals surface area (Å²) < 4.78 is 10.9. The first-order valence-corrected chi connectivity index (χ1v) is 12.4. The van der Waals surface area contributed by atoms with Crippen LogP contribution < -0.4 is 10.6 Å². The summed E-state index contributed by atoms with van der Waals surface area (Å²) in [5.41, 5.74) is 3.71. The standard InChI is InChI=1S/C30H32N2O5/c1-30(2,3)37-29(35)32-25(28(34)36-19-21-10-6-4-7-11-21)17-15-20-14-16-24-23(18-20)26(27(33)31-24)22-12-8-5-9-13-22/h4-14,16,18,25-26H,15,17,19H2,1-3H3,(H,31,33)(H,32,35)/t25-,26?/m0/s1. The van der Waals surface area contributed by atoms with E-state index in [1.165, 1.54) is 0 Å². The van der Waals surface area contributed by atoms with Crippen LogP contribution in [0.5, 0.6) is 0 Å². The van der Waals surface area contributed by atoms with Crippen molar-refractivity contribution in [1.82, 2.24) is 5.32 Å². The van der Waals surface area contributed by atoms with Crippen molar-refractivity contribution in [2.24, 2.45) is 0 Å². The second kappa shape index (κ2) is 11.3. The number of carbonyl (C=O) groups is 3. The summed E-state index contributed by atoms with van der Waals surface area (Å²) in [7, 11) is 0. The van der Waals surface area contributed by atoms with Crippen molar-refractivity contribution in [2.45, 2.75) is 57.8 Å². The quantitative estimate of drug-likeness (QED) is 0.407. The molecule has 2 atom stereocenters. The Morgan fingerprint density at radius 3 is 2.30 bits per heavy atom. The number of amides is 2. The van der Waals surface area contributed by atoms with Gasteiger partial charge in [-0.25, -0.2) is 9.59 Å². The topological polar surface area (TPSA) is 93.7 Å². The molecule has 0 saturated carbocycles. The van der Waals surface area contributed by atoms with Crippen molar-refractivity contribution >= 4 is 23.7 Å². The molecule has 1 aliphatic heterocycles. The summed E-state index contributed by atoms with van der Waals surface area (Å²) >= 11 is 0. The zero-order valence-corrected chi connectivity index (χ0v) is 21.3. The van der Waals surface area contributed by atoms with Gasteiger partial charge in [-0.15, -0.1) is 0 Å². The zero-order chi connectivity index (χ0) is 26.4. The van der Waals surface area contributed by atoms with E-state index in [1.54, 1.807) is 20.8 Å². The van der Waals surface area contributed by atoms with Gasteiger partial charge in [0.25, 0.3) is 0 Å². The minimum Gasteiger partial charge on any atom is -0.459 e. The summed E-state index contributed by atoms with van der Waals surface area (Å²) in [6.07, 6.45) is 0.120. The Kier molecular flexibility index (Phi) is 7.92. The SMILES string of the molecule is CC(C)(C)OC(=O)N[C@@H](CCc1ccc2c(c1)C(c1ccccc1)C(=O)N2)C(=O)OCc1ccccc1. The molecule has 0 fully saturated rings. The number of alkyl carbamates (subject to hydrolysis) is 1. The molecule has 0 saturated heterocycles. The van der Waals surface area contributed by atoms with E-state index in [-0.39, 0.29) is 18.4 Å². The van der Waals surface area contributed by atoms with Gasteiger partial charge in [0.1, 0.15) is 18.2 Å². The predicted octanol–water partition coefficient (Wildman–Crippen LogP) is 5.34. The molecule has 0 spiro atoms. The largest absolute Gasteiger partial charge is 0.459 e. The van der Waals surface area contributed by atoms with Gasteiger partial charge < -0.3 is 20.1 Å². The average Bonchev–Trinajstić information content (AvgIpc) is 3.20. The molecule has 0 aliphatic carbocycles. The lowest BCUT2D eigenvalue weighted by Crippen LogP contribution is -2.44. The molecule has 4 rings (SSSR count). The van der Waals surface area contributed by atoms with Gasteiger partial charge in [-0.1, -0.05) is 72.8 Å². The molecule has 3 aromatic rings. The van der Waals surface area contributed by atoms with Crippen molar-refractivity contribution in [3.63, 3.8) is 0 Å². The number of nitrogens with one attached hydrogen (secondary N) is 2. The lowest BCUT2D eigenvalue weighted by Gasteiger charge is -2.23. The second-order valence-corrected chi connectivity index (χ2v) is 10.1. The summed E-state index contributed by atoms with van der Waals surface area (Å²) in [5.74, 6) is -0.982. The number of ether oxygens (including phenoxy) is 2. The van der Waals surface area contributed by atoms with Crippen LogP contribution in [0.3, 0.4) is 0 Å². The zero-order valence-electron chi connectivity index (χ0n) is 21.3. The van der Waals surface area contributed by atoms with Crippen LogP contribution in [-0.4, -0.2) is 29.6 Å². The highest BCUT2D eigenvalue weighted by Crippen LogP contribution is 2.37. The molecule has 1 unspecified atom stereocenters. The Bertz CT molecular complexity index is 1250. The number of aryl methyl sites for hydroxylation is 1. The average molecular weight is 501 g/mol. The number of rotatable bonds is 8. The molecule has 0 aromatic heterocycles. The Balaban J connectivity index is 1.47. The number of carbonyl (C=O) groups excluding carboxylic acids is 3. The molecule has 1 aliphatic rings. The molecule has 192 valence electrons. The van der Waals surface area contributed by atoms with Crippen LogP contribution in [0.15, 0.2) is 78.9 Å². The van der Waals surface area contributed by atoms with Crippen LogP contribution in [-0.2, 0) is 32.1 Å². The van der Waals surface area contributed by atoms with Gasteiger partial charge in [-0.3, -0.25) is 4.79 Å². The first-order valence-electron chi connectivity index (χ1n) is 12.4. The van der Waals surface area contributed by atoms with Crippen LogP contribution in [0.25, 0.3) is 0 Å². The number of esters is 1. The van der Waals surface area contributed by atoms with Gasteiger partial charge in [0.2, 0.25) is 5.91 Å². The van der Waals surface area contributed by atoms with Crippen molar-refractivity contribution in [1.29, 1.82) is 0 Å². The maximum absolute atomic E-state index is 13.0. The van der Waals surface area contributed by atoms with Crippen molar-refractivity contribution < 1.29 is 23.9 Å². The number of hydrogen-bond acceptors (Lipinski definition) is 5. The number of hydrogen-bond donors (Lipinski definition) is 2. The van der Waals surface area contributed by atoms with E-state index in [0.717, 1.165) is 27.9 Å². The minimum atomic E-state index is -0.892. The lowest BCUT2D eigenvalue weighted by atomic mass is 9.91. The Hall–Kier alpha value is -4.13. The lowest BCUT2D eigenvalue weighted by molar-refractivity contribution is -0.147. The molecular formula is C30H32N2O5. The highest BCUT2D eigenvalue weighted by molar-refractivity contribution is 6.05. The number of fused-ring (bicyclic) bond motifs is 1. The van der Waals surface area contributed by atoms with E-state index < -0.39 is 23.7 Å². The smallest absolute Gasteiger partial charge is 0.408 e. The Morgan fingerprint density at radius 2 is 1.62 bits per heavy atom. The molecule has 7 heteroatoms. The fraction of sp³-hybridized carbons (Fsp3) is 0.300. The summed E-state index contributed by atoms with van der Waals surface area (Å²) in [6.45, 7) is 5.40. The van der Waals surface area contributed by atoms with E-state index in [9.17, 15) is 14.4 Å². The molecule has 2 N–H and O–H groups in total. The molecular weight excluding hydrogens is 468 g/mol. The predicted molar refractivity (Wildman–Crippen MR) is 141 cm³/mol. The van der Waals surface area contributed by atoms with Gasteiger partial charge >= 0.3 is 12.1 Å². The first-order chi connectivity index (χ1) is 17.7. The molecule has 1 heterocycles. The number of benzene rings is 3. The molecule has 0 bridgehead atoms. The fourth-order valence-electron chi connectivity index (χ4n) is 4.28. The molecule has 3 aromatic carbocycles. The van der Waals surface area contributed by atoms with Crippen LogP contribution in [0.4, 0.5) is 10.5 Å². The van der Waals surface area contributed by atoms with Crippen LogP contribution in [0, 0.1) is 0 Å². The van der Waals surface area contributed by atoms with Crippen LogP contribution in [0.1, 0.15) is 55.4 Å². The summed E-state index contributed by atoms with van der Waals surface area (Å²) in [4.78, 5) is 38.1. The van der Waals surface area contributed by atoms with Crippen LogP contribution in [0.2, 0.25) is 0 Å². The van der Waals surface area contributed by atoms with Crippen molar-refractivity contribution in [3.05, 3.63) is 101 Å². The Morgan fingerprint density at radius 1 is 0.946 bits per heavy atom. The highest BCUT2D eigenvalue weighted by Gasteiger charge is 2.32. The van der Waals surface area contributed by atoms with E-state index >= 15 is 0 Å². The Labute approximate surface area is 217 Å². The molecule has 37 heavy (non-hydrogen) atoms. The normalized spacial score (nSPS) is 15.3. The van der Waals surface area contributed by atoms with Gasteiger partial charge in [0.05, 0.1) is 5.92 Å². The minimum absolute atomic E-state index is 0.0627. The maximum atomic E-state index is 13.0. The molecule has 7 nitrogen and oxygen atoms in total. The monoisotopic (exact) mass is 500 g/mol. The van der Waals surface area contributed by atoms with E-state index in [1.807, 2.05) is 78.9 Å². The van der Waals surface area contributed by atoms with E-state index in [4.69, 9.17) is 9.47 Å².